The van der Waals surface area contributed by atoms with Gasteiger partial charge < -0.3 is 15.5 Å². The fraction of sp³-hybridized carbons (Fsp3) is 0.520. The van der Waals surface area contributed by atoms with Crippen LogP contribution in [-0.2, 0) is 34.5 Å². The van der Waals surface area contributed by atoms with Crippen LogP contribution in [0.2, 0.25) is 0 Å². The molecule has 53 heavy (non-hydrogen) atoms. The minimum Gasteiger partial charge on any atom is -0.507 e. The van der Waals surface area contributed by atoms with Crippen molar-refractivity contribution in [3.05, 3.63) is 123 Å². The van der Waals surface area contributed by atoms with Gasteiger partial charge in [0.25, 0.3) is 0 Å². The molecule has 0 saturated heterocycles. The first-order valence-corrected chi connectivity index (χ1v) is 19.8. The van der Waals surface area contributed by atoms with E-state index in [1.54, 1.807) is 0 Å². The van der Waals surface area contributed by atoms with E-state index in [0.29, 0.717) is 22.8 Å². The van der Waals surface area contributed by atoms with Gasteiger partial charge in [-0.3, -0.25) is 0 Å². The summed E-state index contributed by atoms with van der Waals surface area (Å²) in [4.78, 5) is 0. The summed E-state index contributed by atoms with van der Waals surface area (Å²) in [7, 11) is 0. The maximum atomic E-state index is 11.7. The van der Waals surface area contributed by atoms with Gasteiger partial charge in [0, 0.05) is 5.69 Å². The molecule has 0 bridgehead atoms. The number of hydrogen-bond acceptors (Lipinski definition) is 3. The van der Waals surface area contributed by atoms with E-state index in [4.69, 9.17) is 0 Å². The molecule has 1 unspecified atom stereocenters. The standard InChI is InChI=1S/C50H71NO2/c1-32(31-46(2,3)4)25-33-17-19-34(20-18-33)26-35-21-23-38(24-22-35)51-43(36-27-39(47(5,6)7)44(52)40(28-36)48(8,9)10)37-29-41(49(11,12)13)45(53)42(30-37)50(14,15)16/h17-24,27-30,32,43,51-53H,25-26,31H2,1-16H3. The lowest BCUT2D eigenvalue weighted by molar-refractivity contribution is 0.306. The van der Waals surface area contributed by atoms with Gasteiger partial charge >= 0.3 is 0 Å². The number of aromatic hydroxyl groups is 2. The molecular formula is C50H71NO2. The summed E-state index contributed by atoms with van der Waals surface area (Å²) in [5.74, 6) is 1.41. The maximum Gasteiger partial charge on any atom is 0.123 e. The molecule has 288 valence electrons. The van der Waals surface area contributed by atoms with Gasteiger partial charge in [0.05, 0.1) is 6.04 Å². The van der Waals surface area contributed by atoms with E-state index >= 15 is 0 Å². The van der Waals surface area contributed by atoms with E-state index in [1.807, 2.05) is 0 Å². The predicted octanol–water partition coefficient (Wildman–Crippen LogP) is 13.7. The SMILES string of the molecule is CC(Cc1ccc(Cc2ccc(NC(c3cc(C(C)(C)C)c(O)c(C(C)(C)C)c3)c3cc(C(C)(C)C)c(O)c(C(C)(C)C)c3)cc2)cc1)CC(C)(C)C. The highest BCUT2D eigenvalue weighted by Crippen LogP contribution is 2.45. The number of nitrogens with one attached hydrogen (secondary N) is 1. The first kappa shape index (κ1) is 42.0. The Kier molecular flexibility index (Phi) is 12.0. The maximum absolute atomic E-state index is 11.7. The number of anilines is 1. The molecule has 4 aromatic rings. The summed E-state index contributed by atoms with van der Waals surface area (Å²) in [6, 6.07) is 26.5. The summed E-state index contributed by atoms with van der Waals surface area (Å²) in [5.41, 5.74) is 10.2. The molecular weight excluding hydrogens is 647 g/mol. The van der Waals surface area contributed by atoms with E-state index in [1.165, 1.54) is 23.1 Å². The molecule has 0 aromatic heterocycles. The predicted molar refractivity (Wildman–Crippen MR) is 229 cm³/mol. The molecule has 1 atom stereocenters. The van der Waals surface area contributed by atoms with Crippen molar-refractivity contribution in [1.82, 2.24) is 0 Å². The Labute approximate surface area is 323 Å². The van der Waals surface area contributed by atoms with Gasteiger partial charge in [0.1, 0.15) is 11.5 Å². The molecule has 4 rings (SSSR count). The van der Waals surface area contributed by atoms with E-state index in [2.05, 4.69) is 189 Å². The highest BCUT2D eigenvalue weighted by atomic mass is 16.3. The van der Waals surface area contributed by atoms with Gasteiger partial charge in [-0.2, -0.15) is 0 Å². The van der Waals surface area contributed by atoms with Crippen LogP contribution in [0.3, 0.4) is 0 Å². The first-order valence-electron chi connectivity index (χ1n) is 19.8. The van der Waals surface area contributed by atoms with Gasteiger partial charge in [-0.15, -0.1) is 0 Å². The Balaban J connectivity index is 1.77. The lowest BCUT2D eigenvalue weighted by Gasteiger charge is -2.33. The van der Waals surface area contributed by atoms with Crippen molar-refractivity contribution in [2.24, 2.45) is 11.3 Å². The molecule has 0 amide bonds. The molecule has 0 heterocycles. The van der Waals surface area contributed by atoms with Crippen LogP contribution in [0, 0.1) is 11.3 Å². The minimum atomic E-state index is -0.267. The Morgan fingerprint density at radius 2 is 0.811 bits per heavy atom. The zero-order valence-electron chi connectivity index (χ0n) is 36.1. The lowest BCUT2D eigenvalue weighted by Crippen LogP contribution is -2.22. The van der Waals surface area contributed by atoms with E-state index in [-0.39, 0.29) is 27.7 Å². The fourth-order valence-electron chi connectivity index (χ4n) is 7.73. The molecule has 0 spiro atoms. The first-order chi connectivity index (χ1) is 24.1. The Hall–Kier alpha value is -3.72. The van der Waals surface area contributed by atoms with Gasteiger partial charge in [-0.1, -0.05) is 147 Å². The number of phenolic OH excluding ortho intramolecular Hbond substituents is 2. The molecule has 0 aliphatic heterocycles. The van der Waals surface area contributed by atoms with Gasteiger partial charge in [-0.05, 0) is 139 Å². The zero-order chi connectivity index (χ0) is 39.9. The molecule has 3 N–H and O–H groups in total. The molecule has 0 saturated carbocycles. The molecule has 0 fully saturated rings. The van der Waals surface area contributed by atoms with Crippen molar-refractivity contribution in [2.45, 2.75) is 158 Å². The third kappa shape index (κ3) is 10.9. The second-order valence-corrected chi connectivity index (χ2v) is 21.3. The summed E-state index contributed by atoms with van der Waals surface area (Å²) >= 11 is 0. The van der Waals surface area contributed by atoms with Crippen molar-refractivity contribution >= 4 is 5.69 Å². The van der Waals surface area contributed by atoms with Crippen LogP contribution in [0.1, 0.15) is 173 Å². The van der Waals surface area contributed by atoms with Crippen LogP contribution in [0.15, 0.2) is 72.8 Å². The topological polar surface area (TPSA) is 52.5 Å². The fourth-order valence-corrected chi connectivity index (χ4v) is 7.73. The highest BCUT2D eigenvalue weighted by Gasteiger charge is 2.32. The molecule has 4 aromatic carbocycles. The molecule has 0 radical (unpaired) electrons. The van der Waals surface area contributed by atoms with Crippen LogP contribution in [0.25, 0.3) is 0 Å². The number of hydrogen-bond donors (Lipinski definition) is 3. The smallest absolute Gasteiger partial charge is 0.123 e. The summed E-state index contributed by atoms with van der Waals surface area (Å²) in [5, 5.41) is 27.2. The summed E-state index contributed by atoms with van der Waals surface area (Å²) < 4.78 is 0. The van der Waals surface area contributed by atoms with E-state index < -0.39 is 0 Å². The lowest BCUT2D eigenvalue weighted by atomic mass is 9.75. The number of benzene rings is 4. The van der Waals surface area contributed by atoms with Crippen LogP contribution in [-0.4, -0.2) is 10.2 Å². The van der Waals surface area contributed by atoms with E-state index in [0.717, 1.165) is 51.9 Å². The molecule has 0 aliphatic carbocycles. The van der Waals surface area contributed by atoms with Crippen LogP contribution in [0.5, 0.6) is 11.5 Å². The number of phenols is 2. The Bertz CT molecular complexity index is 1690. The van der Waals surface area contributed by atoms with Crippen LogP contribution in [0.4, 0.5) is 5.69 Å². The highest BCUT2D eigenvalue weighted by molar-refractivity contribution is 5.59. The molecule has 0 aliphatic rings. The van der Waals surface area contributed by atoms with Crippen molar-refractivity contribution < 1.29 is 10.2 Å². The summed E-state index contributed by atoms with van der Waals surface area (Å²) in [6.07, 6.45) is 3.22. The average molecular weight is 718 g/mol. The second kappa shape index (κ2) is 15.2. The zero-order valence-corrected chi connectivity index (χ0v) is 36.1. The van der Waals surface area contributed by atoms with E-state index in [9.17, 15) is 10.2 Å². The van der Waals surface area contributed by atoms with Gasteiger partial charge in [0.2, 0.25) is 0 Å². The largest absolute Gasteiger partial charge is 0.507 e. The third-order valence-corrected chi connectivity index (χ3v) is 10.4. The average Bonchev–Trinajstić information content (AvgIpc) is 2.99. The van der Waals surface area contributed by atoms with Gasteiger partial charge in [-0.25, -0.2) is 0 Å². The van der Waals surface area contributed by atoms with Crippen LogP contribution < -0.4 is 5.32 Å². The van der Waals surface area contributed by atoms with Gasteiger partial charge in [0.15, 0.2) is 0 Å². The van der Waals surface area contributed by atoms with Crippen molar-refractivity contribution in [2.75, 3.05) is 5.32 Å². The normalized spacial score (nSPS) is 13.8. The Morgan fingerprint density at radius 1 is 0.491 bits per heavy atom. The summed E-state index contributed by atoms with van der Waals surface area (Å²) in [6.45, 7) is 35.3. The molecule has 3 nitrogen and oxygen atoms in total. The number of rotatable bonds is 9. The third-order valence-electron chi connectivity index (χ3n) is 10.4. The Morgan fingerprint density at radius 3 is 1.13 bits per heavy atom. The molecule has 3 heteroatoms. The monoisotopic (exact) mass is 718 g/mol. The second-order valence-electron chi connectivity index (χ2n) is 21.3. The van der Waals surface area contributed by atoms with Crippen LogP contribution >= 0.6 is 0 Å². The van der Waals surface area contributed by atoms with Crippen molar-refractivity contribution in [1.29, 1.82) is 0 Å². The minimum absolute atomic E-state index is 0.236. The van der Waals surface area contributed by atoms with Crippen molar-refractivity contribution in [3.8, 4) is 11.5 Å². The quantitative estimate of drug-likeness (QED) is 0.162. The van der Waals surface area contributed by atoms with Crippen molar-refractivity contribution in [3.63, 3.8) is 0 Å².